The maximum atomic E-state index is 14.1. The van der Waals surface area contributed by atoms with Crippen LogP contribution in [0.4, 0.5) is 18.9 Å². The van der Waals surface area contributed by atoms with Crippen LogP contribution in [0.1, 0.15) is 76.2 Å². The van der Waals surface area contributed by atoms with Crippen LogP contribution in [0.2, 0.25) is 0 Å². The average molecular weight is 661 g/mol. The molecule has 2 atom stereocenters. The molecule has 48 heavy (non-hydrogen) atoms. The van der Waals surface area contributed by atoms with Crippen LogP contribution in [-0.2, 0) is 9.59 Å². The van der Waals surface area contributed by atoms with E-state index in [9.17, 15) is 27.6 Å². The fourth-order valence-corrected chi connectivity index (χ4v) is 6.12. The van der Waals surface area contributed by atoms with Gasteiger partial charge in [0, 0.05) is 17.8 Å². The largest absolute Gasteiger partial charge is 0.573 e. The number of anilines is 1. The molecule has 0 heterocycles. The molecule has 0 bridgehead atoms. The molecule has 2 unspecified atom stereocenters. The third kappa shape index (κ3) is 9.47. The summed E-state index contributed by atoms with van der Waals surface area (Å²) in [4.78, 5) is 37.5. The van der Waals surface area contributed by atoms with Gasteiger partial charge in [0.1, 0.15) is 5.75 Å². The Balaban J connectivity index is 1.65. The lowest BCUT2D eigenvalue weighted by molar-refractivity contribution is -0.274. The molecule has 0 aliphatic rings. The Morgan fingerprint density at radius 2 is 1.42 bits per heavy atom. The lowest BCUT2D eigenvalue weighted by atomic mass is 9.78. The van der Waals surface area contributed by atoms with Crippen LogP contribution >= 0.6 is 0 Å². The standard InChI is InChI=1S/C38H39F3N2O5/c1-5-6-32(26-7-9-29(10-8-26)36(46)42-20-19-33(44)45)35(28-13-17-31(18-14-28)48-38(39,40)41)37(47)43-30-15-11-27(12-16-30)34-24(3)21-23(2)22-25(34)4/h7-18,21-22,32,35H,5-6,19-20H2,1-4H3,(H,42,46)(H,43,47)(H,44,45). The lowest BCUT2D eigenvalue weighted by Gasteiger charge is -2.28. The topological polar surface area (TPSA) is 105 Å². The molecule has 0 aromatic heterocycles. The van der Waals surface area contributed by atoms with Crippen molar-refractivity contribution >= 4 is 23.5 Å². The number of nitrogens with one attached hydrogen (secondary N) is 2. The summed E-state index contributed by atoms with van der Waals surface area (Å²) in [6, 6.07) is 23.8. The molecule has 0 fully saturated rings. The van der Waals surface area contributed by atoms with Gasteiger partial charge in [-0.05, 0) is 103 Å². The number of benzene rings is 4. The van der Waals surface area contributed by atoms with Crippen LogP contribution in [0.25, 0.3) is 11.1 Å². The maximum Gasteiger partial charge on any atom is 0.573 e. The number of hydrogen-bond donors (Lipinski definition) is 3. The first kappa shape index (κ1) is 35.7. The van der Waals surface area contributed by atoms with Crippen LogP contribution in [-0.4, -0.2) is 35.8 Å². The van der Waals surface area contributed by atoms with E-state index in [4.69, 9.17) is 5.11 Å². The predicted octanol–water partition coefficient (Wildman–Crippen LogP) is 8.69. The zero-order valence-electron chi connectivity index (χ0n) is 27.3. The quantitative estimate of drug-likeness (QED) is 0.133. The van der Waals surface area contributed by atoms with Crippen LogP contribution in [0.15, 0.2) is 84.9 Å². The average Bonchev–Trinajstić information content (AvgIpc) is 3.01. The molecule has 3 N–H and O–H groups in total. The fraction of sp³-hybridized carbons (Fsp3) is 0.289. The number of aliphatic carboxylic acids is 1. The summed E-state index contributed by atoms with van der Waals surface area (Å²) < 4.78 is 42.7. The molecule has 0 spiro atoms. The normalized spacial score (nSPS) is 12.6. The minimum Gasteiger partial charge on any atom is -0.481 e. The molecule has 0 saturated carbocycles. The van der Waals surface area contributed by atoms with Crippen molar-refractivity contribution in [2.75, 3.05) is 11.9 Å². The smallest absolute Gasteiger partial charge is 0.481 e. The summed E-state index contributed by atoms with van der Waals surface area (Å²) in [6.07, 6.45) is -3.80. The number of halogens is 3. The number of carboxylic acid groups (broad SMARTS) is 1. The van der Waals surface area contributed by atoms with Gasteiger partial charge in [0.15, 0.2) is 0 Å². The number of rotatable bonds is 13. The van der Waals surface area contributed by atoms with E-state index in [2.05, 4.69) is 48.3 Å². The van der Waals surface area contributed by atoms with Crippen LogP contribution in [0, 0.1) is 20.8 Å². The van der Waals surface area contributed by atoms with Gasteiger partial charge >= 0.3 is 12.3 Å². The van der Waals surface area contributed by atoms with E-state index in [1.54, 1.807) is 24.3 Å². The Morgan fingerprint density at radius 1 is 0.833 bits per heavy atom. The van der Waals surface area contributed by atoms with Crippen molar-refractivity contribution in [3.63, 3.8) is 0 Å². The number of alkyl halides is 3. The number of hydrogen-bond acceptors (Lipinski definition) is 4. The second-order valence-electron chi connectivity index (χ2n) is 11.9. The molecule has 252 valence electrons. The summed E-state index contributed by atoms with van der Waals surface area (Å²) in [5.74, 6) is -3.39. The third-order valence-corrected chi connectivity index (χ3v) is 8.10. The molecule has 0 aliphatic carbocycles. The van der Waals surface area contributed by atoms with Gasteiger partial charge < -0.3 is 20.5 Å². The molecule has 4 rings (SSSR count). The molecule has 4 aromatic carbocycles. The van der Waals surface area contributed by atoms with Gasteiger partial charge in [-0.2, -0.15) is 0 Å². The van der Waals surface area contributed by atoms with Crippen LogP contribution in [0.3, 0.4) is 0 Å². The first-order chi connectivity index (χ1) is 22.8. The van der Waals surface area contributed by atoms with E-state index in [1.165, 1.54) is 29.8 Å². The number of amides is 2. The number of aryl methyl sites for hydroxylation is 3. The van der Waals surface area contributed by atoms with E-state index in [1.807, 2.05) is 31.2 Å². The minimum absolute atomic E-state index is 0.0180. The summed E-state index contributed by atoms with van der Waals surface area (Å²) in [5, 5.41) is 14.4. The first-order valence-electron chi connectivity index (χ1n) is 15.7. The van der Waals surface area contributed by atoms with Gasteiger partial charge in [-0.1, -0.05) is 67.4 Å². The highest BCUT2D eigenvalue weighted by Gasteiger charge is 2.33. The van der Waals surface area contributed by atoms with Gasteiger partial charge in [0.25, 0.3) is 5.91 Å². The zero-order chi connectivity index (χ0) is 35.0. The predicted molar refractivity (Wildman–Crippen MR) is 179 cm³/mol. The van der Waals surface area contributed by atoms with Crippen molar-refractivity contribution in [3.8, 4) is 16.9 Å². The Bertz CT molecular complexity index is 1710. The highest BCUT2D eigenvalue weighted by molar-refractivity contribution is 5.97. The van der Waals surface area contributed by atoms with Crippen molar-refractivity contribution in [1.82, 2.24) is 5.32 Å². The number of carbonyl (C=O) groups excluding carboxylic acids is 2. The van der Waals surface area contributed by atoms with Gasteiger partial charge in [-0.15, -0.1) is 13.2 Å². The summed E-state index contributed by atoms with van der Waals surface area (Å²) in [5.41, 5.74) is 7.76. The Labute approximate surface area is 278 Å². The van der Waals surface area contributed by atoms with E-state index in [0.29, 0.717) is 29.7 Å². The molecule has 0 saturated heterocycles. The molecule has 10 heteroatoms. The van der Waals surface area contributed by atoms with Crippen LogP contribution in [0.5, 0.6) is 5.75 Å². The molecule has 7 nitrogen and oxygen atoms in total. The van der Waals surface area contributed by atoms with Crippen molar-refractivity contribution in [2.45, 2.75) is 65.2 Å². The van der Waals surface area contributed by atoms with Gasteiger partial charge in [-0.25, -0.2) is 0 Å². The van der Waals surface area contributed by atoms with Gasteiger partial charge in [0.2, 0.25) is 5.91 Å². The Kier molecular flexibility index (Phi) is 11.6. The molecule has 4 aromatic rings. The van der Waals surface area contributed by atoms with E-state index in [-0.39, 0.29) is 18.9 Å². The highest BCUT2D eigenvalue weighted by atomic mass is 19.4. The molecular weight excluding hydrogens is 621 g/mol. The SMILES string of the molecule is CCCC(c1ccc(C(=O)NCCC(=O)O)cc1)C(C(=O)Nc1ccc(-c2c(C)cc(C)cc2C)cc1)c1ccc(OC(F)(F)F)cc1. The number of ether oxygens (including phenoxy) is 1. The lowest BCUT2D eigenvalue weighted by Crippen LogP contribution is -2.27. The van der Waals surface area contributed by atoms with Crippen molar-refractivity contribution < 1.29 is 37.4 Å². The Morgan fingerprint density at radius 3 is 1.96 bits per heavy atom. The second kappa shape index (κ2) is 15.6. The van der Waals surface area contributed by atoms with Gasteiger partial charge in [0.05, 0.1) is 12.3 Å². The molecular formula is C38H39F3N2O5. The number of carbonyl (C=O) groups is 3. The van der Waals surface area contributed by atoms with Gasteiger partial charge in [-0.3, -0.25) is 14.4 Å². The molecule has 0 radical (unpaired) electrons. The monoisotopic (exact) mass is 660 g/mol. The first-order valence-corrected chi connectivity index (χ1v) is 15.7. The van der Waals surface area contributed by atoms with Crippen molar-refractivity contribution in [2.24, 2.45) is 0 Å². The van der Waals surface area contributed by atoms with Crippen LogP contribution < -0.4 is 15.4 Å². The Hall–Kier alpha value is -5.12. The van der Waals surface area contributed by atoms with Crippen molar-refractivity contribution in [1.29, 1.82) is 0 Å². The fourth-order valence-electron chi connectivity index (χ4n) is 6.12. The van der Waals surface area contributed by atoms with E-state index >= 15 is 0 Å². The van der Waals surface area contributed by atoms with Crippen molar-refractivity contribution in [3.05, 3.63) is 118 Å². The second-order valence-corrected chi connectivity index (χ2v) is 11.9. The third-order valence-electron chi connectivity index (χ3n) is 8.10. The summed E-state index contributed by atoms with van der Waals surface area (Å²) in [7, 11) is 0. The molecule has 2 amide bonds. The summed E-state index contributed by atoms with van der Waals surface area (Å²) in [6.45, 7) is 8.13. The number of carboxylic acids is 1. The zero-order valence-corrected chi connectivity index (χ0v) is 27.3. The maximum absolute atomic E-state index is 14.1. The van der Waals surface area contributed by atoms with E-state index < -0.39 is 35.8 Å². The van der Waals surface area contributed by atoms with E-state index in [0.717, 1.165) is 27.8 Å². The highest BCUT2D eigenvalue weighted by Crippen LogP contribution is 2.39. The minimum atomic E-state index is -4.85. The summed E-state index contributed by atoms with van der Waals surface area (Å²) >= 11 is 0. The molecule has 0 aliphatic heterocycles.